The number of amides is 2. The number of ether oxygens (including phenoxy) is 2. The molecule has 0 radical (unpaired) electrons. The minimum atomic E-state index is -0.318. The molecule has 4 aromatic rings. The summed E-state index contributed by atoms with van der Waals surface area (Å²) >= 11 is 0. The van der Waals surface area contributed by atoms with Gasteiger partial charge in [-0.2, -0.15) is 0 Å². The highest BCUT2D eigenvalue weighted by Gasteiger charge is 2.28. The molecule has 190 valence electrons. The normalized spacial score (nSPS) is 14.4. The van der Waals surface area contributed by atoms with E-state index in [-0.39, 0.29) is 17.9 Å². The lowest BCUT2D eigenvalue weighted by Gasteiger charge is -2.34. The molecule has 1 aliphatic rings. The SMILES string of the molecule is CCOC(=O)N1CCN(C(=O)CC(c2cccc(Oc3ccccc3)c2)c2c[nH]c3ccccc23)CC1. The van der Waals surface area contributed by atoms with Crippen molar-refractivity contribution in [3.05, 3.63) is 96.2 Å². The highest BCUT2D eigenvalue weighted by molar-refractivity contribution is 5.86. The van der Waals surface area contributed by atoms with Gasteiger partial charge in [-0.25, -0.2) is 4.79 Å². The van der Waals surface area contributed by atoms with Crippen LogP contribution in [0.2, 0.25) is 0 Å². The van der Waals surface area contributed by atoms with E-state index in [1.807, 2.05) is 77.8 Å². The molecule has 1 atom stereocenters. The van der Waals surface area contributed by atoms with E-state index in [0.29, 0.717) is 39.2 Å². The molecule has 7 nitrogen and oxygen atoms in total. The van der Waals surface area contributed by atoms with Crippen LogP contribution in [-0.2, 0) is 9.53 Å². The van der Waals surface area contributed by atoms with Gasteiger partial charge in [-0.1, -0.05) is 48.5 Å². The molecule has 1 unspecified atom stereocenters. The first-order chi connectivity index (χ1) is 18.1. The van der Waals surface area contributed by atoms with Crippen molar-refractivity contribution in [2.75, 3.05) is 32.8 Å². The minimum Gasteiger partial charge on any atom is -0.457 e. The first kappa shape index (κ1) is 24.4. The summed E-state index contributed by atoms with van der Waals surface area (Å²) in [5.41, 5.74) is 3.12. The molecule has 1 saturated heterocycles. The summed E-state index contributed by atoms with van der Waals surface area (Å²) in [6, 6.07) is 25.8. The Morgan fingerprint density at radius 2 is 1.57 bits per heavy atom. The lowest BCUT2D eigenvalue weighted by molar-refractivity contribution is -0.133. The van der Waals surface area contributed by atoms with Crippen LogP contribution >= 0.6 is 0 Å². The van der Waals surface area contributed by atoms with Gasteiger partial charge in [0.1, 0.15) is 11.5 Å². The van der Waals surface area contributed by atoms with Crippen molar-refractivity contribution in [2.24, 2.45) is 0 Å². The molecule has 0 saturated carbocycles. The number of nitrogens with one attached hydrogen (secondary N) is 1. The Labute approximate surface area is 216 Å². The van der Waals surface area contributed by atoms with E-state index >= 15 is 0 Å². The van der Waals surface area contributed by atoms with Gasteiger partial charge < -0.3 is 24.3 Å². The fourth-order valence-corrected chi connectivity index (χ4v) is 4.87. The highest BCUT2D eigenvalue weighted by Crippen LogP contribution is 2.36. The number of nitrogens with zero attached hydrogens (tertiary/aromatic N) is 2. The Morgan fingerprint density at radius 1 is 0.865 bits per heavy atom. The number of H-pyrrole nitrogens is 1. The van der Waals surface area contributed by atoms with E-state index in [9.17, 15) is 9.59 Å². The van der Waals surface area contributed by atoms with Gasteiger partial charge in [-0.05, 0) is 48.4 Å². The Morgan fingerprint density at radius 3 is 2.35 bits per heavy atom. The molecule has 1 aliphatic heterocycles. The second kappa shape index (κ2) is 11.2. The number of hydrogen-bond acceptors (Lipinski definition) is 4. The molecule has 1 fully saturated rings. The van der Waals surface area contributed by atoms with Gasteiger partial charge in [0, 0.05) is 55.6 Å². The summed E-state index contributed by atoms with van der Waals surface area (Å²) in [6.07, 6.45) is 2.00. The van der Waals surface area contributed by atoms with Gasteiger partial charge in [0.2, 0.25) is 5.91 Å². The largest absolute Gasteiger partial charge is 0.457 e. The lowest BCUT2D eigenvalue weighted by atomic mass is 9.87. The molecule has 1 N–H and O–H groups in total. The molecule has 37 heavy (non-hydrogen) atoms. The van der Waals surface area contributed by atoms with Crippen LogP contribution in [0.1, 0.15) is 30.4 Å². The van der Waals surface area contributed by atoms with Gasteiger partial charge in [0.25, 0.3) is 0 Å². The predicted octanol–water partition coefficient (Wildman–Crippen LogP) is 5.78. The maximum atomic E-state index is 13.5. The molecule has 2 heterocycles. The van der Waals surface area contributed by atoms with Crippen molar-refractivity contribution in [3.63, 3.8) is 0 Å². The predicted molar refractivity (Wildman–Crippen MR) is 143 cm³/mol. The number of carbonyl (C=O) groups excluding carboxylic acids is 2. The van der Waals surface area contributed by atoms with Crippen LogP contribution in [0, 0.1) is 0 Å². The minimum absolute atomic E-state index is 0.0631. The van der Waals surface area contributed by atoms with E-state index in [4.69, 9.17) is 9.47 Å². The van der Waals surface area contributed by atoms with Crippen LogP contribution in [0.4, 0.5) is 4.79 Å². The highest BCUT2D eigenvalue weighted by atomic mass is 16.6. The number of carbonyl (C=O) groups is 2. The van der Waals surface area contributed by atoms with Gasteiger partial charge in [0.15, 0.2) is 0 Å². The topological polar surface area (TPSA) is 74.9 Å². The monoisotopic (exact) mass is 497 g/mol. The zero-order chi connectivity index (χ0) is 25.6. The second-order valence-corrected chi connectivity index (χ2v) is 9.10. The van der Waals surface area contributed by atoms with Crippen molar-refractivity contribution < 1.29 is 19.1 Å². The summed E-state index contributed by atoms with van der Waals surface area (Å²) in [7, 11) is 0. The zero-order valence-corrected chi connectivity index (χ0v) is 20.9. The smallest absolute Gasteiger partial charge is 0.409 e. The number of aromatic amines is 1. The lowest BCUT2D eigenvalue weighted by Crippen LogP contribution is -2.50. The molecule has 1 aromatic heterocycles. The van der Waals surface area contributed by atoms with E-state index in [2.05, 4.69) is 17.1 Å². The summed E-state index contributed by atoms with van der Waals surface area (Å²) in [4.78, 5) is 32.5. The van der Waals surface area contributed by atoms with Crippen molar-refractivity contribution >= 4 is 22.9 Å². The standard InChI is InChI=1S/C30H31N3O4/c1-2-36-30(35)33-17-15-32(16-18-33)29(34)20-26(27-21-31-28-14-7-6-13-25(27)28)22-9-8-12-24(19-22)37-23-10-4-3-5-11-23/h3-14,19,21,26,31H,2,15-18,20H2,1H3. The first-order valence-corrected chi connectivity index (χ1v) is 12.7. The van der Waals surface area contributed by atoms with Crippen LogP contribution in [0.5, 0.6) is 11.5 Å². The third-order valence-corrected chi connectivity index (χ3v) is 6.77. The van der Waals surface area contributed by atoms with Crippen molar-refractivity contribution in [1.29, 1.82) is 0 Å². The van der Waals surface area contributed by atoms with E-state index in [0.717, 1.165) is 33.5 Å². The quantitative estimate of drug-likeness (QED) is 0.351. The van der Waals surface area contributed by atoms with Crippen molar-refractivity contribution in [1.82, 2.24) is 14.8 Å². The number of piperazine rings is 1. The number of aromatic nitrogens is 1. The molecule has 0 spiro atoms. The Balaban J connectivity index is 1.39. The number of hydrogen-bond donors (Lipinski definition) is 1. The van der Waals surface area contributed by atoms with E-state index in [1.165, 1.54) is 0 Å². The van der Waals surface area contributed by atoms with Crippen molar-refractivity contribution in [2.45, 2.75) is 19.3 Å². The summed E-state index contributed by atoms with van der Waals surface area (Å²) in [5.74, 6) is 1.39. The van der Waals surface area contributed by atoms with Gasteiger partial charge >= 0.3 is 6.09 Å². The molecular weight excluding hydrogens is 466 g/mol. The van der Waals surface area contributed by atoms with E-state index in [1.54, 1.807) is 11.8 Å². The maximum Gasteiger partial charge on any atom is 0.409 e. The molecule has 0 bridgehead atoms. The maximum absolute atomic E-state index is 13.5. The summed E-state index contributed by atoms with van der Waals surface area (Å²) < 4.78 is 11.2. The van der Waals surface area contributed by atoms with Crippen LogP contribution < -0.4 is 4.74 Å². The van der Waals surface area contributed by atoms with Gasteiger partial charge in [-0.3, -0.25) is 4.79 Å². The third-order valence-electron chi connectivity index (χ3n) is 6.77. The first-order valence-electron chi connectivity index (χ1n) is 12.7. The number of fused-ring (bicyclic) bond motifs is 1. The van der Waals surface area contributed by atoms with Crippen LogP contribution in [0.25, 0.3) is 10.9 Å². The Bertz CT molecular complexity index is 1360. The number of benzene rings is 3. The van der Waals surface area contributed by atoms with Crippen LogP contribution in [0.15, 0.2) is 85.1 Å². The van der Waals surface area contributed by atoms with Gasteiger partial charge in [0.05, 0.1) is 6.61 Å². The molecule has 2 amide bonds. The molecule has 5 rings (SSSR count). The van der Waals surface area contributed by atoms with Gasteiger partial charge in [-0.15, -0.1) is 0 Å². The fourth-order valence-electron chi connectivity index (χ4n) is 4.87. The molecule has 3 aromatic carbocycles. The molecular formula is C30H31N3O4. The van der Waals surface area contributed by atoms with E-state index < -0.39 is 0 Å². The zero-order valence-electron chi connectivity index (χ0n) is 20.9. The summed E-state index contributed by atoms with van der Waals surface area (Å²) in [5, 5.41) is 1.10. The Kier molecular flexibility index (Phi) is 7.40. The van der Waals surface area contributed by atoms with Crippen molar-refractivity contribution in [3.8, 4) is 11.5 Å². The third kappa shape index (κ3) is 5.61. The van der Waals surface area contributed by atoms with Crippen LogP contribution in [-0.4, -0.2) is 59.6 Å². The second-order valence-electron chi connectivity index (χ2n) is 9.10. The Hall–Kier alpha value is -4.26. The molecule has 7 heteroatoms. The average Bonchev–Trinajstić information content (AvgIpc) is 3.36. The van der Waals surface area contributed by atoms with Crippen LogP contribution in [0.3, 0.4) is 0 Å². The fraction of sp³-hybridized carbons (Fsp3) is 0.267. The number of para-hydroxylation sites is 2. The molecule has 0 aliphatic carbocycles. The average molecular weight is 498 g/mol. The summed E-state index contributed by atoms with van der Waals surface area (Å²) in [6.45, 7) is 4.08. The number of rotatable bonds is 7.